The van der Waals surface area contributed by atoms with Gasteiger partial charge in [-0.05, 0) is 37.5 Å². The number of halogens is 1. The van der Waals surface area contributed by atoms with E-state index in [2.05, 4.69) is 25.6 Å². The third-order valence-electron chi connectivity index (χ3n) is 5.48. The van der Waals surface area contributed by atoms with Crippen LogP contribution in [-0.2, 0) is 0 Å². The van der Waals surface area contributed by atoms with Crippen molar-refractivity contribution in [2.24, 2.45) is 5.41 Å². The van der Waals surface area contributed by atoms with Crippen molar-refractivity contribution in [2.75, 3.05) is 5.32 Å². The molecule has 2 aromatic heterocycles. The van der Waals surface area contributed by atoms with Crippen molar-refractivity contribution in [2.45, 2.75) is 50.1 Å². The van der Waals surface area contributed by atoms with Gasteiger partial charge in [-0.2, -0.15) is 4.39 Å². The molecule has 0 bridgehead atoms. The molecule has 0 aromatic carbocycles. The number of thiazole rings is 1. The Morgan fingerprint density at radius 1 is 1.24 bits per heavy atom. The van der Waals surface area contributed by atoms with Gasteiger partial charge in [0.05, 0.1) is 5.01 Å². The Balaban J connectivity index is 1.13. The van der Waals surface area contributed by atoms with Gasteiger partial charge in [0, 0.05) is 35.8 Å². The molecule has 0 aliphatic heterocycles. The van der Waals surface area contributed by atoms with Crippen molar-refractivity contribution in [3.05, 3.63) is 34.4 Å². The fourth-order valence-corrected chi connectivity index (χ4v) is 4.75. The van der Waals surface area contributed by atoms with Gasteiger partial charge < -0.3 is 10.6 Å². The number of aromatic nitrogens is 3. The molecule has 0 radical (unpaired) electrons. The minimum Gasteiger partial charge on any atom is -0.363 e. The number of nitrogens with one attached hydrogen (secondary N) is 2. The summed E-state index contributed by atoms with van der Waals surface area (Å²) in [7, 11) is 0. The number of hydrogen-bond acceptors (Lipinski definition) is 6. The van der Waals surface area contributed by atoms with Gasteiger partial charge in [-0.3, -0.25) is 4.79 Å². The summed E-state index contributed by atoms with van der Waals surface area (Å²) < 4.78 is 13.6. The molecule has 0 saturated heterocycles. The van der Waals surface area contributed by atoms with Gasteiger partial charge in [0.1, 0.15) is 5.69 Å². The fraction of sp³-hybridized carbons (Fsp3) is 0.529. The van der Waals surface area contributed by atoms with E-state index in [0.717, 1.165) is 24.3 Å². The van der Waals surface area contributed by atoms with Crippen molar-refractivity contribution in [3.8, 4) is 0 Å². The average Bonchev–Trinajstić information content (AvgIpc) is 3.48. The Morgan fingerprint density at radius 2 is 2.04 bits per heavy atom. The van der Waals surface area contributed by atoms with E-state index >= 15 is 0 Å². The van der Waals surface area contributed by atoms with Crippen molar-refractivity contribution in [1.82, 2.24) is 20.3 Å². The minimum absolute atomic E-state index is 0.0758. The van der Waals surface area contributed by atoms with Gasteiger partial charge in [0.15, 0.2) is 5.82 Å². The zero-order chi connectivity index (χ0) is 17.0. The molecule has 3 aliphatic carbocycles. The topological polar surface area (TPSA) is 79.8 Å². The summed E-state index contributed by atoms with van der Waals surface area (Å²) in [6, 6.07) is 0.393. The number of nitrogens with zero attached hydrogens (tertiary/aromatic N) is 3. The molecule has 2 N–H and O–H groups in total. The first-order valence-corrected chi connectivity index (χ1v) is 9.50. The Labute approximate surface area is 148 Å². The summed E-state index contributed by atoms with van der Waals surface area (Å²) in [5.74, 6) is 0.155. The summed E-state index contributed by atoms with van der Waals surface area (Å²) in [6.45, 7) is 0. The predicted molar refractivity (Wildman–Crippen MR) is 91.0 cm³/mol. The molecule has 8 heteroatoms. The van der Waals surface area contributed by atoms with Crippen LogP contribution < -0.4 is 10.6 Å². The maximum atomic E-state index is 13.6. The quantitative estimate of drug-likeness (QED) is 0.858. The number of anilines is 1. The van der Waals surface area contributed by atoms with Gasteiger partial charge in [0.25, 0.3) is 11.9 Å². The predicted octanol–water partition coefficient (Wildman–Crippen LogP) is 2.71. The summed E-state index contributed by atoms with van der Waals surface area (Å²) in [5, 5.41) is 9.15. The minimum atomic E-state index is -0.566. The van der Waals surface area contributed by atoms with Crippen molar-refractivity contribution >= 4 is 23.1 Å². The van der Waals surface area contributed by atoms with Crippen molar-refractivity contribution in [3.63, 3.8) is 0 Å². The smallest absolute Gasteiger partial charge is 0.270 e. The Kier molecular flexibility index (Phi) is 3.31. The van der Waals surface area contributed by atoms with E-state index in [0.29, 0.717) is 11.6 Å². The number of rotatable bonds is 5. The Morgan fingerprint density at radius 3 is 2.80 bits per heavy atom. The van der Waals surface area contributed by atoms with Gasteiger partial charge in [-0.25, -0.2) is 15.0 Å². The van der Waals surface area contributed by atoms with Crippen LogP contribution in [0.25, 0.3) is 0 Å². The van der Waals surface area contributed by atoms with Crippen LogP contribution in [0.3, 0.4) is 0 Å². The highest BCUT2D eigenvalue weighted by molar-refractivity contribution is 7.10. The molecular weight excluding hydrogens is 341 g/mol. The molecule has 3 saturated carbocycles. The third-order valence-corrected chi connectivity index (χ3v) is 6.48. The largest absolute Gasteiger partial charge is 0.363 e. The number of amides is 1. The van der Waals surface area contributed by atoms with E-state index in [1.807, 2.05) is 5.38 Å². The second-order valence-electron chi connectivity index (χ2n) is 7.38. The van der Waals surface area contributed by atoms with E-state index in [-0.39, 0.29) is 29.2 Å². The third kappa shape index (κ3) is 2.78. The summed E-state index contributed by atoms with van der Waals surface area (Å²) in [5.41, 5.74) is 0.711. The monoisotopic (exact) mass is 359 g/mol. The van der Waals surface area contributed by atoms with Crippen LogP contribution in [-0.4, -0.2) is 32.9 Å². The van der Waals surface area contributed by atoms with Crippen LogP contribution in [0.2, 0.25) is 0 Å². The molecule has 2 heterocycles. The second kappa shape index (κ2) is 5.45. The first-order valence-electron chi connectivity index (χ1n) is 8.62. The van der Waals surface area contributed by atoms with E-state index in [4.69, 9.17) is 0 Å². The second-order valence-corrected chi connectivity index (χ2v) is 8.27. The molecule has 2 aromatic rings. The highest BCUT2D eigenvalue weighted by Gasteiger charge is 2.62. The van der Waals surface area contributed by atoms with Crippen LogP contribution in [0.15, 0.2) is 17.8 Å². The lowest BCUT2D eigenvalue weighted by atomic mass is 9.76. The first-order chi connectivity index (χ1) is 12.1. The standard InChI is InChI=1S/C17H18FN5OS/c18-13-14(20-4-3-19-13)23-12-7-17(12)5-10(6-17)21-15(24)11-8-25-16(22-11)9-1-2-9/h3-4,8-10,12H,1-2,5-7H2,(H,20,23)(H,21,24). The molecule has 3 aliphatic rings. The van der Waals surface area contributed by atoms with Crippen LogP contribution >= 0.6 is 11.3 Å². The lowest BCUT2D eigenvalue weighted by molar-refractivity contribution is 0.0870. The average molecular weight is 359 g/mol. The van der Waals surface area contributed by atoms with Gasteiger partial charge >= 0.3 is 0 Å². The maximum absolute atomic E-state index is 13.6. The number of carbonyl (C=O) groups excluding carboxylic acids is 1. The van der Waals surface area contributed by atoms with Gasteiger partial charge in [0.2, 0.25) is 0 Å². The molecule has 1 atom stereocenters. The number of carbonyl (C=O) groups is 1. The lowest BCUT2D eigenvalue weighted by Gasteiger charge is -2.37. The summed E-state index contributed by atoms with van der Waals surface area (Å²) in [6.07, 6.45) is 8.02. The molecule has 130 valence electrons. The molecule has 6 nitrogen and oxygen atoms in total. The fourth-order valence-electron chi connectivity index (χ4n) is 3.78. The van der Waals surface area contributed by atoms with Crippen LogP contribution in [0.4, 0.5) is 10.2 Å². The van der Waals surface area contributed by atoms with E-state index in [1.165, 1.54) is 25.2 Å². The van der Waals surface area contributed by atoms with E-state index < -0.39 is 5.95 Å². The molecule has 25 heavy (non-hydrogen) atoms. The highest BCUT2D eigenvalue weighted by atomic mass is 32.1. The normalized spacial score (nSPS) is 30.0. The Bertz CT molecular complexity index is 830. The summed E-state index contributed by atoms with van der Waals surface area (Å²) in [4.78, 5) is 24.3. The molecular formula is C17H18FN5OS. The van der Waals surface area contributed by atoms with Crippen LogP contribution in [0, 0.1) is 11.4 Å². The molecule has 1 unspecified atom stereocenters. The summed E-state index contributed by atoms with van der Waals surface area (Å²) >= 11 is 1.59. The van der Waals surface area contributed by atoms with Crippen molar-refractivity contribution < 1.29 is 9.18 Å². The molecule has 5 rings (SSSR count). The van der Waals surface area contributed by atoms with Crippen molar-refractivity contribution in [1.29, 1.82) is 0 Å². The van der Waals surface area contributed by atoms with Gasteiger partial charge in [-0.1, -0.05) is 0 Å². The zero-order valence-electron chi connectivity index (χ0n) is 13.5. The molecule has 1 amide bonds. The van der Waals surface area contributed by atoms with Crippen LogP contribution in [0.5, 0.6) is 0 Å². The number of hydrogen-bond donors (Lipinski definition) is 2. The Hall–Kier alpha value is -2.09. The highest BCUT2D eigenvalue weighted by Crippen LogP contribution is 2.61. The molecule has 1 spiro atoms. The molecule has 3 fully saturated rings. The SMILES string of the molecule is O=C(NC1CC2(C1)CC2Nc1nccnc1F)c1csc(C2CC2)n1. The lowest BCUT2D eigenvalue weighted by Crippen LogP contribution is -2.47. The van der Waals surface area contributed by atoms with Gasteiger partial charge in [-0.15, -0.1) is 11.3 Å². The first kappa shape index (κ1) is 15.2. The zero-order valence-corrected chi connectivity index (χ0v) is 14.4. The van der Waals surface area contributed by atoms with E-state index in [9.17, 15) is 9.18 Å². The van der Waals surface area contributed by atoms with E-state index in [1.54, 1.807) is 11.3 Å². The maximum Gasteiger partial charge on any atom is 0.270 e. The van der Waals surface area contributed by atoms with Crippen LogP contribution in [0.1, 0.15) is 53.5 Å².